The lowest BCUT2D eigenvalue weighted by Gasteiger charge is -2.37. The van der Waals surface area contributed by atoms with Crippen molar-refractivity contribution in [1.29, 1.82) is 5.26 Å². The molecular formula is C36H32N4O3. The van der Waals surface area contributed by atoms with Crippen molar-refractivity contribution in [3.63, 3.8) is 0 Å². The van der Waals surface area contributed by atoms with Crippen molar-refractivity contribution in [3.8, 4) is 6.07 Å². The number of rotatable bonds is 6. The lowest BCUT2D eigenvalue weighted by Crippen LogP contribution is -2.34. The normalized spacial score (nSPS) is 17.2. The molecule has 0 N–H and O–H groups in total. The van der Waals surface area contributed by atoms with E-state index in [0.717, 1.165) is 49.1 Å². The van der Waals surface area contributed by atoms with Gasteiger partial charge in [0.15, 0.2) is 0 Å². The van der Waals surface area contributed by atoms with E-state index in [9.17, 15) is 10.1 Å². The van der Waals surface area contributed by atoms with Crippen molar-refractivity contribution in [2.75, 3.05) is 36.5 Å². The van der Waals surface area contributed by atoms with Crippen LogP contribution in [0.5, 0.6) is 0 Å². The van der Waals surface area contributed by atoms with Crippen molar-refractivity contribution < 1.29 is 9.15 Å². The van der Waals surface area contributed by atoms with Crippen molar-refractivity contribution >= 4 is 34.5 Å². The number of anilines is 2. The van der Waals surface area contributed by atoms with Gasteiger partial charge in [-0.05, 0) is 116 Å². The van der Waals surface area contributed by atoms with Gasteiger partial charge in [0, 0.05) is 49.5 Å². The van der Waals surface area contributed by atoms with Crippen LogP contribution in [-0.4, -0.2) is 26.7 Å². The maximum Gasteiger partial charge on any atom is 0.343 e. The Balaban J connectivity index is 1.28. The van der Waals surface area contributed by atoms with E-state index in [1.807, 2.05) is 43.5 Å². The number of fused-ring (bicyclic) bond motifs is 1. The van der Waals surface area contributed by atoms with Gasteiger partial charge < -0.3 is 19.0 Å². The minimum Gasteiger partial charge on any atom is -0.457 e. The van der Waals surface area contributed by atoms with Gasteiger partial charge in [0.1, 0.15) is 17.1 Å². The van der Waals surface area contributed by atoms with Gasteiger partial charge in [-0.2, -0.15) is 0 Å². The minimum atomic E-state index is -0.461. The zero-order valence-corrected chi connectivity index (χ0v) is 24.4. The number of allylic oxidation sites excluding steroid dienone is 6. The third kappa shape index (κ3) is 5.76. The van der Waals surface area contributed by atoms with Gasteiger partial charge in [0.25, 0.3) is 5.70 Å². The second kappa shape index (κ2) is 11.9. The van der Waals surface area contributed by atoms with Crippen LogP contribution < -0.4 is 15.4 Å². The highest BCUT2D eigenvalue weighted by Crippen LogP contribution is 2.36. The molecule has 3 aromatic rings. The second-order valence-electron chi connectivity index (χ2n) is 11.0. The second-order valence-corrected chi connectivity index (χ2v) is 11.0. The summed E-state index contributed by atoms with van der Waals surface area (Å²) in [6.07, 6.45) is 15.0. The zero-order chi connectivity index (χ0) is 29.9. The molecular weight excluding hydrogens is 536 g/mol. The van der Waals surface area contributed by atoms with E-state index in [0.29, 0.717) is 28.2 Å². The molecule has 0 radical (unpaired) electrons. The summed E-state index contributed by atoms with van der Waals surface area (Å²) in [4.78, 5) is 20.8. The molecule has 0 bridgehead atoms. The summed E-state index contributed by atoms with van der Waals surface area (Å²) in [5.74, 6) is 0.906. The Kier molecular flexibility index (Phi) is 7.73. The van der Waals surface area contributed by atoms with Gasteiger partial charge in [-0.15, -0.1) is 0 Å². The van der Waals surface area contributed by atoms with Crippen LogP contribution in [0.1, 0.15) is 42.0 Å². The first-order valence-electron chi connectivity index (χ1n) is 14.6. The highest BCUT2D eigenvalue weighted by atomic mass is 16.5. The maximum absolute atomic E-state index is 12.8. The molecule has 0 aliphatic carbocycles. The van der Waals surface area contributed by atoms with Crippen molar-refractivity contribution in [2.24, 2.45) is 0 Å². The van der Waals surface area contributed by atoms with Crippen molar-refractivity contribution in [2.45, 2.75) is 32.6 Å². The molecule has 7 nitrogen and oxygen atoms in total. The molecule has 3 aliphatic heterocycles. The lowest BCUT2D eigenvalue weighted by molar-refractivity contribution is 0.332. The Morgan fingerprint density at radius 2 is 1.74 bits per heavy atom. The van der Waals surface area contributed by atoms with Gasteiger partial charge >= 0.3 is 5.63 Å². The van der Waals surface area contributed by atoms with Crippen LogP contribution in [0.4, 0.5) is 11.4 Å². The monoisotopic (exact) mass is 568 g/mol. The molecule has 0 saturated carbocycles. The van der Waals surface area contributed by atoms with E-state index in [-0.39, 0.29) is 5.70 Å². The fraction of sp³-hybridized carbons (Fsp3) is 0.250. The quantitative estimate of drug-likeness (QED) is 0.178. The zero-order valence-electron chi connectivity index (χ0n) is 24.4. The molecule has 7 heteroatoms. The number of hydrogen-bond acceptors (Lipinski definition) is 6. The highest BCUT2D eigenvalue weighted by Gasteiger charge is 2.24. The number of nitrogens with zero attached hydrogens (tertiary/aromatic N) is 4. The lowest BCUT2D eigenvalue weighted by atomic mass is 9.90. The first-order chi connectivity index (χ1) is 20.9. The number of aryl methyl sites for hydroxylation is 2. The number of benzene rings is 2. The standard InChI is InChI=1S/C36H32N4O3/c1-4-39(3)30-12-10-25-19-28(36(41)43-34(25)22-30)11-14-32-21-29(33(23-37)38-2)20-31(42-32)13-9-24-17-26-7-5-15-40-16-6-8-27(18-24)35(26)40/h9-14,17-22H,4-8,15-16H2,1,3H3/b13-9+,14-11+,33-29+. The highest BCUT2D eigenvalue weighted by molar-refractivity contribution is 5.82. The Hall–Kier alpha value is -5.27. The molecule has 4 heterocycles. The molecule has 0 fully saturated rings. The topological polar surface area (TPSA) is 74.1 Å². The van der Waals surface area contributed by atoms with Crippen LogP contribution in [-0.2, 0) is 17.6 Å². The van der Waals surface area contributed by atoms with Crippen LogP contribution in [0.25, 0.3) is 28.0 Å². The van der Waals surface area contributed by atoms with Crippen molar-refractivity contribution in [3.05, 3.63) is 128 Å². The number of hydrogen-bond donors (Lipinski definition) is 0. The fourth-order valence-corrected chi connectivity index (χ4v) is 5.93. The molecule has 0 atom stereocenters. The fourth-order valence-electron chi connectivity index (χ4n) is 5.93. The van der Waals surface area contributed by atoms with E-state index in [1.54, 1.807) is 30.4 Å². The van der Waals surface area contributed by atoms with Crippen LogP contribution in [0.15, 0.2) is 92.7 Å². The molecule has 0 unspecified atom stereocenters. The Bertz CT molecular complexity index is 1860. The van der Waals surface area contributed by atoms with Gasteiger partial charge in [0.2, 0.25) is 0 Å². The summed E-state index contributed by atoms with van der Waals surface area (Å²) >= 11 is 0. The Labute approximate surface area is 251 Å². The summed E-state index contributed by atoms with van der Waals surface area (Å²) in [6.45, 7) is 12.6. The molecule has 1 aromatic heterocycles. The average molecular weight is 569 g/mol. The predicted molar refractivity (Wildman–Crippen MR) is 171 cm³/mol. The summed E-state index contributed by atoms with van der Waals surface area (Å²) in [7, 11) is 1.98. The summed E-state index contributed by atoms with van der Waals surface area (Å²) in [6, 6.07) is 14.1. The molecule has 0 spiro atoms. The largest absolute Gasteiger partial charge is 0.457 e. The number of nitriles is 1. The SMILES string of the molecule is [C-]#[N+]/C(C#N)=C1C=C(/C=C/c2cc3c4c(c2)CCCN4CCC3)OC(/C=C/c2cc3ccc(N(C)CC)cc3oc2=O)=C\1. The minimum absolute atomic E-state index is 0.0310. The predicted octanol–water partition coefficient (Wildman–Crippen LogP) is 7.17. The van der Waals surface area contributed by atoms with Crippen LogP contribution >= 0.6 is 0 Å². The smallest absolute Gasteiger partial charge is 0.343 e. The molecule has 214 valence electrons. The molecule has 43 heavy (non-hydrogen) atoms. The van der Waals surface area contributed by atoms with Crippen LogP contribution in [0.2, 0.25) is 0 Å². The van der Waals surface area contributed by atoms with Gasteiger partial charge in [-0.25, -0.2) is 14.9 Å². The summed E-state index contributed by atoms with van der Waals surface area (Å²) < 4.78 is 11.8. The third-order valence-electron chi connectivity index (χ3n) is 8.21. The Morgan fingerprint density at radius 1 is 1.05 bits per heavy atom. The van der Waals surface area contributed by atoms with Gasteiger partial charge in [-0.3, -0.25) is 0 Å². The molecule has 2 aromatic carbocycles. The Morgan fingerprint density at radius 3 is 2.40 bits per heavy atom. The number of ether oxygens (including phenoxy) is 1. The average Bonchev–Trinajstić information content (AvgIpc) is 3.03. The maximum atomic E-state index is 12.8. The third-order valence-corrected chi connectivity index (χ3v) is 8.21. The van der Waals surface area contributed by atoms with Crippen LogP contribution in [0, 0.1) is 17.9 Å². The molecule has 3 aliphatic rings. The van der Waals surface area contributed by atoms with E-state index >= 15 is 0 Å². The van der Waals surface area contributed by atoms with Gasteiger partial charge in [-0.1, -0.05) is 6.08 Å². The summed E-state index contributed by atoms with van der Waals surface area (Å²) in [5.41, 5.74) is 7.14. The van der Waals surface area contributed by atoms with Gasteiger partial charge in [0.05, 0.1) is 18.2 Å². The molecule has 0 amide bonds. The molecule has 0 saturated heterocycles. The van der Waals surface area contributed by atoms with E-state index in [2.05, 4.69) is 33.7 Å². The first kappa shape index (κ1) is 27.9. The molecule has 6 rings (SSSR count). The van der Waals surface area contributed by atoms with E-state index in [1.165, 1.54) is 29.7 Å². The van der Waals surface area contributed by atoms with Crippen LogP contribution in [0.3, 0.4) is 0 Å². The first-order valence-corrected chi connectivity index (χ1v) is 14.6. The van der Waals surface area contributed by atoms with E-state index in [4.69, 9.17) is 15.7 Å². The van der Waals surface area contributed by atoms with E-state index < -0.39 is 5.63 Å². The van der Waals surface area contributed by atoms with Crippen molar-refractivity contribution in [1.82, 2.24) is 0 Å². The summed E-state index contributed by atoms with van der Waals surface area (Å²) in [5, 5.41) is 10.4.